The Morgan fingerprint density at radius 2 is 2.21 bits per heavy atom. The summed E-state index contributed by atoms with van der Waals surface area (Å²) in [6.45, 7) is 5.77. The SMILES string of the molecule is C=CC(=O)OCC(Cl)CCCCCC. The van der Waals surface area contributed by atoms with Crippen LogP contribution in [0, 0.1) is 0 Å². The van der Waals surface area contributed by atoms with Crippen LogP contribution in [0.2, 0.25) is 0 Å². The first-order valence-corrected chi connectivity index (χ1v) is 5.57. The topological polar surface area (TPSA) is 26.3 Å². The Morgan fingerprint density at radius 1 is 1.50 bits per heavy atom. The quantitative estimate of drug-likeness (QED) is 0.271. The zero-order chi connectivity index (χ0) is 10.8. The predicted molar refractivity (Wildman–Crippen MR) is 59.6 cm³/mol. The maximum Gasteiger partial charge on any atom is 0.330 e. The van der Waals surface area contributed by atoms with Crippen LogP contribution in [0.15, 0.2) is 12.7 Å². The van der Waals surface area contributed by atoms with Gasteiger partial charge in [0.15, 0.2) is 0 Å². The normalized spacial score (nSPS) is 12.1. The van der Waals surface area contributed by atoms with Crippen LogP contribution in [0.1, 0.15) is 39.0 Å². The van der Waals surface area contributed by atoms with Crippen molar-refractivity contribution in [2.75, 3.05) is 6.61 Å². The van der Waals surface area contributed by atoms with Gasteiger partial charge in [0.1, 0.15) is 6.61 Å². The van der Waals surface area contributed by atoms with Crippen LogP contribution in [0.3, 0.4) is 0 Å². The van der Waals surface area contributed by atoms with Crippen molar-refractivity contribution in [3.63, 3.8) is 0 Å². The van der Waals surface area contributed by atoms with Crippen molar-refractivity contribution < 1.29 is 9.53 Å². The molecule has 0 aliphatic rings. The van der Waals surface area contributed by atoms with Crippen LogP contribution in [-0.4, -0.2) is 18.0 Å². The third-order valence-electron chi connectivity index (χ3n) is 1.94. The highest BCUT2D eigenvalue weighted by Gasteiger charge is 2.06. The minimum Gasteiger partial charge on any atom is -0.461 e. The summed E-state index contributed by atoms with van der Waals surface area (Å²) in [5, 5.41) is -0.0595. The lowest BCUT2D eigenvalue weighted by Gasteiger charge is -2.08. The minimum absolute atomic E-state index is 0.0595. The summed E-state index contributed by atoms with van der Waals surface area (Å²) in [5.41, 5.74) is 0. The zero-order valence-electron chi connectivity index (χ0n) is 8.80. The highest BCUT2D eigenvalue weighted by Crippen LogP contribution is 2.10. The van der Waals surface area contributed by atoms with Gasteiger partial charge in [0.25, 0.3) is 0 Å². The molecule has 0 aromatic rings. The van der Waals surface area contributed by atoms with E-state index in [2.05, 4.69) is 13.5 Å². The highest BCUT2D eigenvalue weighted by molar-refractivity contribution is 6.20. The van der Waals surface area contributed by atoms with Gasteiger partial charge in [0.2, 0.25) is 0 Å². The number of hydrogen-bond donors (Lipinski definition) is 0. The molecule has 0 rings (SSSR count). The van der Waals surface area contributed by atoms with Crippen LogP contribution < -0.4 is 0 Å². The van der Waals surface area contributed by atoms with Crippen LogP contribution >= 0.6 is 11.6 Å². The number of ether oxygens (including phenoxy) is 1. The zero-order valence-corrected chi connectivity index (χ0v) is 9.55. The van der Waals surface area contributed by atoms with Gasteiger partial charge >= 0.3 is 5.97 Å². The molecule has 0 aromatic carbocycles. The van der Waals surface area contributed by atoms with Gasteiger partial charge < -0.3 is 4.74 Å². The Labute approximate surface area is 91.3 Å². The second kappa shape index (κ2) is 9.07. The number of alkyl halides is 1. The molecule has 0 aliphatic carbocycles. The summed E-state index contributed by atoms with van der Waals surface area (Å²) >= 11 is 5.95. The fourth-order valence-corrected chi connectivity index (χ4v) is 1.32. The fourth-order valence-electron chi connectivity index (χ4n) is 1.11. The van der Waals surface area contributed by atoms with Gasteiger partial charge in [-0.3, -0.25) is 0 Å². The van der Waals surface area contributed by atoms with Crippen molar-refractivity contribution in [1.82, 2.24) is 0 Å². The molecule has 0 radical (unpaired) electrons. The van der Waals surface area contributed by atoms with E-state index in [-0.39, 0.29) is 5.38 Å². The van der Waals surface area contributed by atoms with E-state index in [1.165, 1.54) is 19.3 Å². The van der Waals surface area contributed by atoms with Crippen molar-refractivity contribution in [1.29, 1.82) is 0 Å². The lowest BCUT2D eigenvalue weighted by molar-refractivity contribution is -0.137. The first kappa shape index (κ1) is 13.5. The molecular weight excluding hydrogens is 200 g/mol. The van der Waals surface area contributed by atoms with E-state index >= 15 is 0 Å². The smallest absolute Gasteiger partial charge is 0.330 e. The number of hydrogen-bond acceptors (Lipinski definition) is 2. The van der Waals surface area contributed by atoms with Gasteiger partial charge in [-0.05, 0) is 6.42 Å². The summed E-state index contributed by atoms with van der Waals surface area (Å²) < 4.78 is 4.82. The maximum absolute atomic E-state index is 10.7. The Morgan fingerprint density at radius 3 is 2.79 bits per heavy atom. The molecule has 0 heterocycles. The number of carbonyl (C=O) groups is 1. The number of esters is 1. The van der Waals surface area contributed by atoms with Gasteiger partial charge in [0.05, 0.1) is 5.38 Å². The summed E-state index contributed by atoms with van der Waals surface area (Å²) in [4.78, 5) is 10.7. The van der Waals surface area contributed by atoms with E-state index in [4.69, 9.17) is 16.3 Å². The second-order valence-electron chi connectivity index (χ2n) is 3.28. The van der Waals surface area contributed by atoms with Gasteiger partial charge in [0, 0.05) is 6.08 Å². The van der Waals surface area contributed by atoms with Gasteiger partial charge in [-0.2, -0.15) is 0 Å². The molecule has 0 aromatic heterocycles. The van der Waals surface area contributed by atoms with Crippen molar-refractivity contribution in [2.24, 2.45) is 0 Å². The lowest BCUT2D eigenvalue weighted by atomic mass is 10.1. The highest BCUT2D eigenvalue weighted by atomic mass is 35.5. The van der Waals surface area contributed by atoms with Gasteiger partial charge in [-0.1, -0.05) is 39.2 Å². The number of unbranched alkanes of at least 4 members (excludes halogenated alkanes) is 3. The van der Waals surface area contributed by atoms with Crippen molar-refractivity contribution >= 4 is 17.6 Å². The predicted octanol–water partition coefficient (Wildman–Crippen LogP) is 3.29. The molecule has 0 N–H and O–H groups in total. The van der Waals surface area contributed by atoms with E-state index in [9.17, 15) is 4.79 Å². The molecule has 3 heteroatoms. The molecule has 0 saturated heterocycles. The Kier molecular flexibility index (Phi) is 8.75. The van der Waals surface area contributed by atoms with Crippen molar-refractivity contribution in [3.8, 4) is 0 Å². The molecular formula is C11H19ClO2. The standard InChI is InChI=1S/C11H19ClO2/c1-3-5-6-7-8-10(12)9-14-11(13)4-2/h4,10H,2-3,5-9H2,1H3. The molecule has 0 bridgehead atoms. The summed E-state index contributed by atoms with van der Waals surface area (Å²) in [7, 11) is 0. The molecule has 1 unspecified atom stereocenters. The summed E-state index contributed by atoms with van der Waals surface area (Å²) in [5.74, 6) is -0.399. The van der Waals surface area contributed by atoms with E-state index in [0.717, 1.165) is 18.9 Å². The first-order valence-electron chi connectivity index (χ1n) is 5.14. The molecule has 2 nitrogen and oxygen atoms in total. The van der Waals surface area contributed by atoms with E-state index in [0.29, 0.717) is 6.61 Å². The second-order valence-corrected chi connectivity index (χ2v) is 3.90. The van der Waals surface area contributed by atoms with E-state index in [1.54, 1.807) is 0 Å². The average molecular weight is 219 g/mol. The maximum atomic E-state index is 10.7. The molecule has 0 saturated carbocycles. The number of halogens is 1. The molecule has 0 spiro atoms. The molecule has 0 aliphatic heterocycles. The Hall–Kier alpha value is -0.500. The van der Waals surface area contributed by atoms with Crippen molar-refractivity contribution in [3.05, 3.63) is 12.7 Å². The summed E-state index contributed by atoms with van der Waals surface area (Å²) in [6, 6.07) is 0. The largest absolute Gasteiger partial charge is 0.461 e. The van der Waals surface area contributed by atoms with Gasteiger partial charge in [-0.15, -0.1) is 11.6 Å². The third kappa shape index (κ3) is 8.11. The monoisotopic (exact) mass is 218 g/mol. The first-order chi connectivity index (χ1) is 6.70. The summed E-state index contributed by atoms with van der Waals surface area (Å²) in [6.07, 6.45) is 6.84. The number of rotatable bonds is 8. The Bertz CT molecular complexity index is 169. The fraction of sp³-hybridized carbons (Fsp3) is 0.727. The Balaban J connectivity index is 3.31. The van der Waals surface area contributed by atoms with Crippen LogP contribution in [-0.2, 0) is 9.53 Å². The minimum atomic E-state index is -0.399. The van der Waals surface area contributed by atoms with E-state index < -0.39 is 5.97 Å². The van der Waals surface area contributed by atoms with E-state index in [1.807, 2.05) is 0 Å². The van der Waals surface area contributed by atoms with Crippen LogP contribution in [0.25, 0.3) is 0 Å². The molecule has 82 valence electrons. The molecule has 0 amide bonds. The third-order valence-corrected chi connectivity index (χ3v) is 2.29. The van der Waals surface area contributed by atoms with Gasteiger partial charge in [-0.25, -0.2) is 4.79 Å². The average Bonchev–Trinajstić information content (AvgIpc) is 2.21. The molecule has 0 fully saturated rings. The van der Waals surface area contributed by atoms with Crippen LogP contribution in [0.5, 0.6) is 0 Å². The lowest BCUT2D eigenvalue weighted by Crippen LogP contribution is -2.12. The van der Waals surface area contributed by atoms with Crippen molar-refractivity contribution in [2.45, 2.75) is 44.4 Å². The molecule has 14 heavy (non-hydrogen) atoms. The van der Waals surface area contributed by atoms with Crippen LogP contribution in [0.4, 0.5) is 0 Å². The number of carbonyl (C=O) groups excluding carboxylic acids is 1. The molecule has 1 atom stereocenters.